The van der Waals surface area contributed by atoms with Crippen LogP contribution in [0, 0.1) is 0 Å². The summed E-state index contributed by atoms with van der Waals surface area (Å²) in [7, 11) is 0. The summed E-state index contributed by atoms with van der Waals surface area (Å²) in [5, 5.41) is 14.6. The summed E-state index contributed by atoms with van der Waals surface area (Å²) in [5.74, 6) is 0.627. The first kappa shape index (κ1) is 13.3. The van der Waals surface area contributed by atoms with Gasteiger partial charge in [0, 0.05) is 6.61 Å². The average molecular weight is 254 g/mol. The van der Waals surface area contributed by atoms with Gasteiger partial charge in [0.2, 0.25) is 5.89 Å². The van der Waals surface area contributed by atoms with Crippen LogP contribution in [-0.4, -0.2) is 36.0 Å². The van der Waals surface area contributed by atoms with E-state index in [-0.39, 0.29) is 12.1 Å². The van der Waals surface area contributed by atoms with Gasteiger partial charge in [0.05, 0.1) is 18.7 Å². The molecule has 2 atom stereocenters. The van der Waals surface area contributed by atoms with E-state index in [1.807, 2.05) is 6.92 Å². The lowest BCUT2D eigenvalue weighted by molar-refractivity contribution is 0.0868. The van der Waals surface area contributed by atoms with Gasteiger partial charge < -0.3 is 19.8 Å². The number of ether oxygens (including phenoxy) is 1. The van der Waals surface area contributed by atoms with Crippen molar-refractivity contribution in [1.29, 1.82) is 0 Å². The standard InChI is InChI=1S/C12H22N4O2/c1-3-6-13-9(2)11-15-16-12(18-11)14-10-5-4-7-17-8-10/h9-10,13H,3-8H2,1-2H3,(H,14,16). The second-order valence-corrected chi connectivity index (χ2v) is 4.68. The van der Waals surface area contributed by atoms with Crippen LogP contribution in [0.5, 0.6) is 0 Å². The van der Waals surface area contributed by atoms with Crippen molar-refractivity contribution in [3.05, 3.63) is 5.89 Å². The van der Waals surface area contributed by atoms with Crippen LogP contribution in [0.1, 0.15) is 45.0 Å². The topological polar surface area (TPSA) is 72.2 Å². The smallest absolute Gasteiger partial charge is 0.315 e. The van der Waals surface area contributed by atoms with Crippen LogP contribution < -0.4 is 10.6 Å². The number of anilines is 1. The van der Waals surface area contributed by atoms with Gasteiger partial charge in [-0.05, 0) is 32.7 Å². The van der Waals surface area contributed by atoms with E-state index in [1.54, 1.807) is 0 Å². The Morgan fingerprint density at radius 1 is 1.44 bits per heavy atom. The van der Waals surface area contributed by atoms with Gasteiger partial charge in [-0.2, -0.15) is 0 Å². The Hall–Kier alpha value is -1.14. The molecule has 2 unspecified atom stereocenters. The zero-order chi connectivity index (χ0) is 12.8. The van der Waals surface area contributed by atoms with Gasteiger partial charge in [-0.3, -0.25) is 0 Å². The van der Waals surface area contributed by atoms with Gasteiger partial charge >= 0.3 is 6.01 Å². The van der Waals surface area contributed by atoms with Gasteiger partial charge in [-0.1, -0.05) is 12.0 Å². The Kier molecular flexibility index (Phi) is 4.95. The molecule has 18 heavy (non-hydrogen) atoms. The molecule has 1 aliphatic heterocycles. The van der Waals surface area contributed by atoms with Crippen LogP contribution >= 0.6 is 0 Å². The minimum absolute atomic E-state index is 0.0932. The number of hydrogen-bond acceptors (Lipinski definition) is 6. The highest BCUT2D eigenvalue weighted by molar-refractivity contribution is 5.20. The molecule has 1 aliphatic rings. The van der Waals surface area contributed by atoms with Crippen molar-refractivity contribution in [1.82, 2.24) is 15.5 Å². The van der Waals surface area contributed by atoms with E-state index in [0.29, 0.717) is 18.5 Å². The van der Waals surface area contributed by atoms with Gasteiger partial charge in [0.25, 0.3) is 0 Å². The van der Waals surface area contributed by atoms with Crippen LogP contribution in [0.2, 0.25) is 0 Å². The fraction of sp³-hybridized carbons (Fsp3) is 0.833. The third-order valence-electron chi connectivity index (χ3n) is 3.00. The van der Waals surface area contributed by atoms with E-state index in [2.05, 4.69) is 27.8 Å². The third-order valence-corrected chi connectivity index (χ3v) is 3.00. The average Bonchev–Trinajstić information content (AvgIpc) is 2.86. The Balaban J connectivity index is 1.84. The summed E-state index contributed by atoms with van der Waals surface area (Å²) in [6, 6.07) is 0.868. The fourth-order valence-corrected chi connectivity index (χ4v) is 1.95. The van der Waals surface area contributed by atoms with Crippen LogP contribution in [0.4, 0.5) is 6.01 Å². The maximum Gasteiger partial charge on any atom is 0.315 e. The highest BCUT2D eigenvalue weighted by Gasteiger charge is 2.18. The van der Waals surface area contributed by atoms with Gasteiger partial charge in [-0.15, -0.1) is 5.10 Å². The molecule has 6 nitrogen and oxygen atoms in total. The lowest BCUT2D eigenvalue weighted by Gasteiger charge is -2.21. The van der Waals surface area contributed by atoms with E-state index in [0.717, 1.165) is 32.4 Å². The Labute approximate surface area is 107 Å². The van der Waals surface area contributed by atoms with E-state index < -0.39 is 0 Å². The fourth-order valence-electron chi connectivity index (χ4n) is 1.95. The first-order valence-corrected chi connectivity index (χ1v) is 6.70. The molecule has 2 heterocycles. The molecule has 1 aromatic heterocycles. The molecule has 0 bridgehead atoms. The van der Waals surface area contributed by atoms with Crippen molar-refractivity contribution in [2.75, 3.05) is 25.1 Å². The molecular formula is C12H22N4O2. The molecule has 0 amide bonds. The molecule has 1 fully saturated rings. The molecule has 2 N–H and O–H groups in total. The molecule has 0 saturated carbocycles. The second-order valence-electron chi connectivity index (χ2n) is 4.68. The lowest BCUT2D eigenvalue weighted by Crippen LogP contribution is -2.30. The van der Waals surface area contributed by atoms with Crippen molar-refractivity contribution in [3.8, 4) is 0 Å². The maximum absolute atomic E-state index is 5.59. The van der Waals surface area contributed by atoms with E-state index in [4.69, 9.17) is 9.15 Å². The molecule has 0 aliphatic carbocycles. The summed E-state index contributed by atoms with van der Waals surface area (Å²) in [6.45, 7) is 6.66. The van der Waals surface area contributed by atoms with Crippen LogP contribution in [0.15, 0.2) is 4.42 Å². The molecule has 6 heteroatoms. The SMILES string of the molecule is CCCNC(C)c1nnc(NC2CCCOC2)o1. The minimum atomic E-state index is 0.0932. The molecular weight excluding hydrogens is 232 g/mol. The minimum Gasteiger partial charge on any atom is -0.406 e. The van der Waals surface area contributed by atoms with Crippen LogP contribution in [0.3, 0.4) is 0 Å². The van der Waals surface area contributed by atoms with E-state index in [1.165, 1.54) is 0 Å². The van der Waals surface area contributed by atoms with Crippen LogP contribution in [-0.2, 0) is 4.74 Å². The highest BCUT2D eigenvalue weighted by Crippen LogP contribution is 2.16. The first-order valence-electron chi connectivity index (χ1n) is 6.70. The van der Waals surface area contributed by atoms with Gasteiger partial charge in [0.1, 0.15) is 0 Å². The van der Waals surface area contributed by atoms with E-state index in [9.17, 15) is 0 Å². The summed E-state index contributed by atoms with van der Waals surface area (Å²) in [5.41, 5.74) is 0. The van der Waals surface area contributed by atoms with Crippen molar-refractivity contribution >= 4 is 6.01 Å². The highest BCUT2D eigenvalue weighted by atomic mass is 16.5. The summed E-state index contributed by atoms with van der Waals surface area (Å²) < 4.78 is 11.0. The second kappa shape index (κ2) is 6.70. The molecule has 1 aromatic rings. The normalized spacial score (nSPS) is 21.8. The third kappa shape index (κ3) is 3.68. The van der Waals surface area contributed by atoms with Gasteiger partial charge in [-0.25, -0.2) is 0 Å². The summed E-state index contributed by atoms with van der Waals surface area (Å²) in [6.07, 6.45) is 3.25. The predicted octanol–water partition coefficient (Wildman–Crippen LogP) is 1.72. The molecule has 0 spiro atoms. The van der Waals surface area contributed by atoms with Crippen molar-refractivity contribution < 1.29 is 9.15 Å². The van der Waals surface area contributed by atoms with Gasteiger partial charge in [0.15, 0.2) is 0 Å². The predicted molar refractivity (Wildman–Crippen MR) is 68.5 cm³/mol. The van der Waals surface area contributed by atoms with Crippen molar-refractivity contribution in [3.63, 3.8) is 0 Å². The largest absolute Gasteiger partial charge is 0.406 e. The summed E-state index contributed by atoms with van der Waals surface area (Å²) in [4.78, 5) is 0. The molecule has 2 rings (SSSR count). The lowest BCUT2D eigenvalue weighted by atomic mass is 10.1. The molecule has 0 aromatic carbocycles. The Bertz CT molecular complexity index is 350. The van der Waals surface area contributed by atoms with Crippen LogP contribution in [0.25, 0.3) is 0 Å². The Morgan fingerprint density at radius 3 is 3.06 bits per heavy atom. The van der Waals surface area contributed by atoms with Crippen molar-refractivity contribution in [2.45, 2.75) is 45.2 Å². The van der Waals surface area contributed by atoms with Crippen molar-refractivity contribution in [2.24, 2.45) is 0 Å². The molecule has 0 radical (unpaired) electrons. The summed E-state index contributed by atoms with van der Waals surface area (Å²) >= 11 is 0. The van der Waals surface area contributed by atoms with E-state index >= 15 is 0 Å². The maximum atomic E-state index is 5.59. The monoisotopic (exact) mass is 254 g/mol. The number of aromatic nitrogens is 2. The Morgan fingerprint density at radius 2 is 2.33 bits per heavy atom. The molecule has 1 saturated heterocycles. The number of rotatable bonds is 6. The first-order chi connectivity index (χ1) is 8.79. The zero-order valence-corrected chi connectivity index (χ0v) is 11.1. The number of nitrogens with one attached hydrogen (secondary N) is 2. The molecule has 102 valence electrons. The quantitative estimate of drug-likeness (QED) is 0.805. The number of nitrogens with zero attached hydrogens (tertiary/aromatic N) is 2. The number of hydrogen-bond donors (Lipinski definition) is 2. The zero-order valence-electron chi connectivity index (χ0n) is 11.1.